The van der Waals surface area contributed by atoms with Crippen molar-refractivity contribution in [3.8, 4) is 23.3 Å². The Morgan fingerprint density at radius 2 is 1.57 bits per heavy atom. The lowest BCUT2D eigenvalue weighted by molar-refractivity contribution is 0.340. The van der Waals surface area contributed by atoms with E-state index in [1.54, 1.807) is 13.2 Å². The fourth-order valence-corrected chi connectivity index (χ4v) is 5.70. The maximum Gasteiger partial charge on any atom is 0.222 e. The predicted octanol–water partition coefficient (Wildman–Crippen LogP) is 4.98. The Kier molecular flexibility index (Phi) is 6.36. The summed E-state index contributed by atoms with van der Waals surface area (Å²) >= 11 is 0. The lowest BCUT2D eigenvalue weighted by Gasteiger charge is -2.23. The summed E-state index contributed by atoms with van der Waals surface area (Å²) in [6.07, 6.45) is 0. The van der Waals surface area contributed by atoms with Gasteiger partial charge in [0.15, 0.2) is 0 Å². The predicted molar refractivity (Wildman–Crippen MR) is 116 cm³/mol. The molecule has 0 spiro atoms. The third-order valence-electron chi connectivity index (χ3n) is 4.62. The molecule has 0 aliphatic rings. The van der Waals surface area contributed by atoms with Crippen molar-refractivity contribution in [1.29, 1.82) is 0 Å². The Morgan fingerprint density at radius 1 is 0.857 bits per heavy atom. The molecule has 1 heterocycles. The van der Waals surface area contributed by atoms with Crippen LogP contribution in [0.5, 0.6) is 23.3 Å². The minimum Gasteiger partial charge on any atom is -0.494 e. The summed E-state index contributed by atoms with van der Waals surface area (Å²) in [6.45, 7) is 7.47. The van der Waals surface area contributed by atoms with Crippen LogP contribution in [0.2, 0.25) is 13.1 Å². The van der Waals surface area contributed by atoms with Gasteiger partial charge in [-0.05, 0) is 42.8 Å². The monoisotopic (exact) mass is 393 g/mol. The van der Waals surface area contributed by atoms with Gasteiger partial charge in [0.2, 0.25) is 11.8 Å². The molecule has 0 bridgehead atoms. The van der Waals surface area contributed by atoms with E-state index >= 15 is 0 Å². The third kappa shape index (κ3) is 5.14. The van der Waals surface area contributed by atoms with Crippen molar-refractivity contribution in [3.63, 3.8) is 0 Å². The number of nitrogens with zero attached hydrogens (tertiary/aromatic N) is 1. The van der Waals surface area contributed by atoms with Crippen LogP contribution in [-0.2, 0) is 6.04 Å². The molecule has 0 atom stereocenters. The van der Waals surface area contributed by atoms with E-state index in [1.165, 1.54) is 10.8 Å². The van der Waals surface area contributed by atoms with Crippen LogP contribution in [0.25, 0.3) is 0 Å². The molecule has 0 radical (unpaired) electrons. The Labute approximate surface area is 168 Å². The Hall–Kier alpha value is -2.79. The Bertz CT molecular complexity index is 910. The molecular formula is C23H27NO3Si. The van der Waals surface area contributed by atoms with E-state index in [0.29, 0.717) is 18.4 Å². The number of benzene rings is 2. The zero-order valence-corrected chi connectivity index (χ0v) is 17.9. The highest BCUT2D eigenvalue weighted by Crippen LogP contribution is 2.24. The quantitative estimate of drug-likeness (QED) is 0.506. The third-order valence-corrected chi connectivity index (χ3v) is 7.81. The topological polar surface area (TPSA) is 40.6 Å². The first-order valence-electron chi connectivity index (χ1n) is 9.51. The molecule has 0 fully saturated rings. The number of pyridine rings is 1. The zero-order chi connectivity index (χ0) is 20.0. The molecule has 0 unspecified atom stereocenters. The summed E-state index contributed by atoms with van der Waals surface area (Å²) in [5.74, 6) is 2.78. The number of ether oxygens (including phenoxy) is 3. The average Bonchev–Trinajstić information content (AvgIpc) is 2.69. The van der Waals surface area contributed by atoms with Crippen molar-refractivity contribution in [2.24, 2.45) is 0 Å². The Morgan fingerprint density at radius 3 is 2.29 bits per heavy atom. The summed E-state index contributed by atoms with van der Waals surface area (Å²) in [5.41, 5.74) is 1.27. The van der Waals surface area contributed by atoms with Gasteiger partial charge < -0.3 is 14.2 Å². The fraction of sp³-hybridized carbons (Fsp3) is 0.261. The second-order valence-electron chi connectivity index (χ2n) is 7.29. The van der Waals surface area contributed by atoms with Gasteiger partial charge in [0.1, 0.15) is 11.5 Å². The molecular weight excluding hydrogens is 366 g/mol. The average molecular weight is 394 g/mol. The van der Waals surface area contributed by atoms with Gasteiger partial charge >= 0.3 is 0 Å². The summed E-state index contributed by atoms with van der Waals surface area (Å²) in [4.78, 5) is 4.31. The van der Waals surface area contributed by atoms with Crippen LogP contribution in [-0.4, -0.2) is 26.8 Å². The molecule has 0 saturated carbocycles. The minimum absolute atomic E-state index is 0.527. The first-order valence-corrected chi connectivity index (χ1v) is 12.7. The van der Waals surface area contributed by atoms with Crippen molar-refractivity contribution >= 4 is 13.3 Å². The molecule has 146 valence electrons. The highest BCUT2D eigenvalue weighted by atomic mass is 28.3. The number of hydrogen-bond donors (Lipinski definition) is 0. The van der Waals surface area contributed by atoms with Gasteiger partial charge in [-0.1, -0.05) is 48.6 Å². The SMILES string of the molecule is CCOc1ccc([Si](C)(C)Cc2cccc(Oc3cccc(OC)n3)c2)cc1. The summed E-state index contributed by atoms with van der Waals surface area (Å²) in [6, 6.07) is 23.3. The second kappa shape index (κ2) is 8.93. The highest BCUT2D eigenvalue weighted by molar-refractivity contribution is 6.89. The summed E-state index contributed by atoms with van der Waals surface area (Å²) in [7, 11) is -0.0450. The first-order chi connectivity index (χ1) is 13.5. The van der Waals surface area contributed by atoms with Crippen molar-refractivity contribution in [2.75, 3.05) is 13.7 Å². The molecule has 0 amide bonds. The zero-order valence-electron chi connectivity index (χ0n) is 16.9. The molecule has 2 aromatic carbocycles. The Balaban J connectivity index is 1.73. The maximum atomic E-state index is 5.93. The first kappa shape index (κ1) is 20.0. The van der Waals surface area contributed by atoms with Gasteiger partial charge in [-0.25, -0.2) is 0 Å². The van der Waals surface area contributed by atoms with E-state index in [0.717, 1.165) is 17.5 Å². The van der Waals surface area contributed by atoms with Gasteiger partial charge in [-0.2, -0.15) is 4.98 Å². The van der Waals surface area contributed by atoms with Gasteiger partial charge in [0.25, 0.3) is 0 Å². The number of hydrogen-bond acceptors (Lipinski definition) is 4. The number of aromatic nitrogens is 1. The van der Waals surface area contributed by atoms with E-state index in [4.69, 9.17) is 14.2 Å². The molecule has 0 N–H and O–H groups in total. The van der Waals surface area contributed by atoms with Gasteiger partial charge in [0.05, 0.1) is 21.8 Å². The van der Waals surface area contributed by atoms with E-state index in [9.17, 15) is 0 Å². The number of methoxy groups -OCH3 is 1. The maximum absolute atomic E-state index is 5.93. The van der Waals surface area contributed by atoms with Crippen molar-refractivity contribution in [1.82, 2.24) is 4.98 Å². The lowest BCUT2D eigenvalue weighted by atomic mass is 10.2. The van der Waals surface area contributed by atoms with E-state index in [2.05, 4.69) is 54.5 Å². The van der Waals surface area contributed by atoms with Crippen LogP contribution in [0.15, 0.2) is 66.7 Å². The van der Waals surface area contributed by atoms with Crippen molar-refractivity contribution in [2.45, 2.75) is 26.1 Å². The minimum atomic E-state index is -1.64. The van der Waals surface area contributed by atoms with Crippen LogP contribution in [0, 0.1) is 0 Å². The fourth-order valence-electron chi connectivity index (χ4n) is 3.19. The van der Waals surface area contributed by atoms with Crippen LogP contribution < -0.4 is 19.4 Å². The molecule has 5 heteroatoms. The molecule has 3 aromatic rings. The van der Waals surface area contributed by atoms with Gasteiger partial charge in [-0.3, -0.25) is 0 Å². The summed E-state index contributed by atoms with van der Waals surface area (Å²) in [5, 5.41) is 1.41. The van der Waals surface area contributed by atoms with Crippen LogP contribution >= 0.6 is 0 Å². The molecule has 4 nitrogen and oxygen atoms in total. The highest BCUT2D eigenvalue weighted by Gasteiger charge is 2.24. The molecule has 1 aromatic heterocycles. The number of rotatable bonds is 8. The molecule has 0 aliphatic carbocycles. The lowest BCUT2D eigenvalue weighted by Crippen LogP contribution is -2.43. The molecule has 0 saturated heterocycles. The van der Waals surface area contributed by atoms with Gasteiger partial charge in [0, 0.05) is 12.1 Å². The largest absolute Gasteiger partial charge is 0.494 e. The molecule has 3 rings (SSSR count). The smallest absolute Gasteiger partial charge is 0.222 e. The van der Waals surface area contributed by atoms with E-state index < -0.39 is 8.07 Å². The van der Waals surface area contributed by atoms with Crippen molar-refractivity contribution in [3.05, 3.63) is 72.3 Å². The summed E-state index contributed by atoms with van der Waals surface area (Å²) < 4.78 is 16.7. The van der Waals surface area contributed by atoms with E-state index in [1.807, 2.05) is 31.2 Å². The van der Waals surface area contributed by atoms with Crippen molar-refractivity contribution < 1.29 is 14.2 Å². The van der Waals surface area contributed by atoms with Crippen LogP contribution in [0.4, 0.5) is 0 Å². The molecule has 28 heavy (non-hydrogen) atoms. The van der Waals surface area contributed by atoms with Crippen LogP contribution in [0.1, 0.15) is 12.5 Å². The normalized spacial score (nSPS) is 11.1. The van der Waals surface area contributed by atoms with Gasteiger partial charge in [-0.15, -0.1) is 0 Å². The van der Waals surface area contributed by atoms with E-state index in [-0.39, 0.29) is 0 Å². The standard InChI is InChI=1S/C23H27NO3Si/c1-5-26-19-12-14-21(15-13-19)28(3,4)17-18-8-6-9-20(16-18)27-23-11-7-10-22(24-23)25-2/h6-16H,5,17H2,1-4H3. The second-order valence-corrected chi connectivity index (χ2v) is 12.0. The van der Waals surface area contributed by atoms with Crippen LogP contribution in [0.3, 0.4) is 0 Å². The molecule has 0 aliphatic heterocycles.